The Morgan fingerprint density at radius 1 is 1.14 bits per heavy atom. The summed E-state index contributed by atoms with van der Waals surface area (Å²) < 4.78 is 32.0. The lowest BCUT2D eigenvalue weighted by Gasteiger charge is -2.26. The van der Waals surface area contributed by atoms with E-state index < -0.39 is 20.9 Å². The van der Waals surface area contributed by atoms with Crippen LogP contribution in [0.5, 0.6) is 0 Å². The van der Waals surface area contributed by atoms with E-state index in [4.69, 9.17) is 16.3 Å². The van der Waals surface area contributed by atoms with E-state index in [9.17, 15) is 23.3 Å². The summed E-state index contributed by atoms with van der Waals surface area (Å²) in [5.74, 6) is -0.627. The third-order valence-electron chi connectivity index (χ3n) is 4.13. The van der Waals surface area contributed by atoms with Crippen LogP contribution in [-0.2, 0) is 14.8 Å². The van der Waals surface area contributed by atoms with Crippen LogP contribution >= 0.6 is 11.6 Å². The molecule has 0 spiro atoms. The predicted octanol–water partition coefficient (Wildman–Crippen LogP) is 2.52. The van der Waals surface area contributed by atoms with E-state index in [0.717, 1.165) is 0 Å². The number of morpholine rings is 1. The zero-order valence-electron chi connectivity index (χ0n) is 14.5. The lowest BCUT2D eigenvalue weighted by Crippen LogP contribution is -2.40. The lowest BCUT2D eigenvalue weighted by molar-refractivity contribution is -0.384. The lowest BCUT2D eigenvalue weighted by atomic mass is 10.2. The fourth-order valence-corrected chi connectivity index (χ4v) is 4.28. The molecule has 0 saturated carbocycles. The molecule has 2 aromatic carbocycles. The van der Waals surface area contributed by atoms with E-state index in [2.05, 4.69) is 5.32 Å². The maximum absolute atomic E-state index is 12.8. The number of non-ortho nitro benzene ring substituents is 1. The molecule has 0 atom stereocenters. The molecule has 2 aromatic rings. The van der Waals surface area contributed by atoms with Crippen molar-refractivity contribution < 1.29 is 22.9 Å². The van der Waals surface area contributed by atoms with Crippen LogP contribution in [0.1, 0.15) is 10.4 Å². The van der Waals surface area contributed by atoms with Crippen LogP contribution in [0.4, 0.5) is 11.4 Å². The highest BCUT2D eigenvalue weighted by Gasteiger charge is 2.27. The fraction of sp³-hybridized carbons (Fsp3) is 0.235. The second-order valence-electron chi connectivity index (χ2n) is 5.92. The molecule has 1 aliphatic rings. The van der Waals surface area contributed by atoms with Crippen LogP contribution in [0.3, 0.4) is 0 Å². The highest BCUT2D eigenvalue weighted by Crippen LogP contribution is 2.25. The fourth-order valence-electron chi connectivity index (χ4n) is 2.64. The summed E-state index contributed by atoms with van der Waals surface area (Å²) in [7, 11) is -3.78. The van der Waals surface area contributed by atoms with E-state index in [-0.39, 0.29) is 34.3 Å². The van der Waals surface area contributed by atoms with E-state index >= 15 is 0 Å². The number of hydrogen-bond acceptors (Lipinski definition) is 6. The molecule has 1 heterocycles. The van der Waals surface area contributed by atoms with Crippen molar-refractivity contribution in [2.24, 2.45) is 0 Å². The molecule has 0 radical (unpaired) electrons. The van der Waals surface area contributed by atoms with Gasteiger partial charge >= 0.3 is 0 Å². The molecule has 3 rings (SSSR count). The molecule has 9 nitrogen and oxygen atoms in total. The summed E-state index contributed by atoms with van der Waals surface area (Å²) in [6, 6.07) is 9.15. The smallest absolute Gasteiger partial charge is 0.269 e. The number of nitrogens with one attached hydrogen (secondary N) is 1. The Kier molecular flexibility index (Phi) is 5.94. The van der Waals surface area contributed by atoms with E-state index in [1.165, 1.54) is 46.8 Å². The zero-order chi connectivity index (χ0) is 20.3. The number of rotatable bonds is 5. The number of nitro groups is 1. The van der Waals surface area contributed by atoms with Gasteiger partial charge in [0.05, 0.1) is 33.6 Å². The molecule has 0 bridgehead atoms. The molecule has 0 aliphatic carbocycles. The Bertz CT molecular complexity index is 1000. The topological polar surface area (TPSA) is 119 Å². The van der Waals surface area contributed by atoms with Crippen molar-refractivity contribution in [3.05, 3.63) is 63.2 Å². The average molecular weight is 426 g/mol. The Balaban J connectivity index is 1.84. The number of hydrogen-bond donors (Lipinski definition) is 1. The van der Waals surface area contributed by atoms with Gasteiger partial charge in [0, 0.05) is 30.9 Å². The zero-order valence-corrected chi connectivity index (χ0v) is 16.1. The summed E-state index contributed by atoms with van der Waals surface area (Å²) in [5, 5.41) is 13.3. The maximum atomic E-state index is 12.8. The number of ether oxygens (including phenoxy) is 1. The van der Waals surface area contributed by atoms with Gasteiger partial charge in [-0.1, -0.05) is 11.6 Å². The summed E-state index contributed by atoms with van der Waals surface area (Å²) in [5.41, 5.74) is 0.178. The van der Waals surface area contributed by atoms with Crippen LogP contribution in [0.2, 0.25) is 5.02 Å². The molecular weight excluding hydrogens is 410 g/mol. The summed E-state index contributed by atoms with van der Waals surface area (Å²) in [6.45, 7) is 1.07. The molecule has 28 heavy (non-hydrogen) atoms. The highest BCUT2D eigenvalue weighted by molar-refractivity contribution is 7.89. The van der Waals surface area contributed by atoms with Crippen LogP contribution in [0, 0.1) is 10.1 Å². The van der Waals surface area contributed by atoms with Gasteiger partial charge in [-0.15, -0.1) is 0 Å². The summed E-state index contributed by atoms with van der Waals surface area (Å²) >= 11 is 6.08. The van der Waals surface area contributed by atoms with Crippen LogP contribution in [-0.4, -0.2) is 49.9 Å². The molecular formula is C17H16ClN3O6S. The van der Waals surface area contributed by atoms with Crippen molar-refractivity contribution in [2.75, 3.05) is 31.6 Å². The molecule has 0 unspecified atom stereocenters. The van der Waals surface area contributed by atoms with Crippen LogP contribution in [0.15, 0.2) is 47.4 Å². The van der Waals surface area contributed by atoms with Crippen molar-refractivity contribution in [3.8, 4) is 0 Å². The number of nitro benzene ring substituents is 1. The minimum Gasteiger partial charge on any atom is -0.379 e. The third-order valence-corrected chi connectivity index (χ3v) is 6.35. The highest BCUT2D eigenvalue weighted by atomic mass is 35.5. The van der Waals surface area contributed by atoms with E-state index in [0.29, 0.717) is 18.9 Å². The van der Waals surface area contributed by atoms with Crippen LogP contribution < -0.4 is 5.32 Å². The van der Waals surface area contributed by atoms with E-state index in [1.807, 2.05) is 0 Å². The van der Waals surface area contributed by atoms with Crippen molar-refractivity contribution in [2.45, 2.75) is 4.90 Å². The number of sulfonamides is 1. The second kappa shape index (κ2) is 8.23. The Hall–Kier alpha value is -2.53. The van der Waals surface area contributed by atoms with Crippen molar-refractivity contribution in [1.29, 1.82) is 0 Å². The van der Waals surface area contributed by atoms with Gasteiger partial charge in [0.25, 0.3) is 11.6 Å². The number of benzene rings is 2. The molecule has 1 N–H and O–H groups in total. The number of carbonyl (C=O) groups excluding carboxylic acids is 1. The summed E-state index contributed by atoms with van der Waals surface area (Å²) in [6.07, 6.45) is 0. The molecule has 148 valence electrons. The van der Waals surface area contributed by atoms with Crippen molar-refractivity contribution >= 4 is 38.9 Å². The molecule has 1 saturated heterocycles. The van der Waals surface area contributed by atoms with Gasteiger partial charge in [0.15, 0.2) is 0 Å². The predicted molar refractivity (Wildman–Crippen MR) is 102 cm³/mol. The van der Waals surface area contributed by atoms with Crippen LogP contribution in [0.25, 0.3) is 0 Å². The first-order valence-corrected chi connectivity index (χ1v) is 10.0. The Morgan fingerprint density at radius 2 is 1.79 bits per heavy atom. The average Bonchev–Trinajstić information content (AvgIpc) is 2.69. The van der Waals surface area contributed by atoms with Gasteiger partial charge in [-0.2, -0.15) is 4.31 Å². The van der Waals surface area contributed by atoms with Gasteiger partial charge < -0.3 is 10.1 Å². The van der Waals surface area contributed by atoms with E-state index in [1.54, 1.807) is 0 Å². The largest absolute Gasteiger partial charge is 0.379 e. The number of anilines is 1. The van der Waals surface area contributed by atoms with Gasteiger partial charge in [0.2, 0.25) is 10.0 Å². The van der Waals surface area contributed by atoms with Gasteiger partial charge in [0.1, 0.15) is 0 Å². The molecule has 1 fully saturated rings. The number of nitrogens with zero attached hydrogens (tertiary/aromatic N) is 2. The number of halogens is 1. The molecule has 1 aliphatic heterocycles. The first kappa shape index (κ1) is 20.2. The standard InChI is InChI=1S/C17H16ClN3O6S/c18-16-6-5-14(28(25,26)20-7-9-27-10-8-20)11-15(16)17(22)19-12-1-3-13(4-2-12)21(23)24/h1-6,11H,7-10H2,(H,19,22). The van der Waals surface area contributed by atoms with Crippen molar-refractivity contribution in [3.63, 3.8) is 0 Å². The first-order chi connectivity index (χ1) is 13.3. The maximum Gasteiger partial charge on any atom is 0.269 e. The van der Waals surface area contributed by atoms with Gasteiger partial charge in [-0.3, -0.25) is 14.9 Å². The number of amides is 1. The Labute approximate surface area is 166 Å². The molecule has 1 amide bonds. The normalized spacial score (nSPS) is 15.2. The first-order valence-electron chi connectivity index (χ1n) is 8.22. The molecule has 0 aromatic heterocycles. The SMILES string of the molecule is O=C(Nc1ccc([N+](=O)[O-])cc1)c1cc(S(=O)(=O)N2CCOCC2)ccc1Cl. The Morgan fingerprint density at radius 3 is 2.39 bits per heavy atom. The monoisotopic (exact) mass is 425 g/mol. The quantitative estimate of drug-likeness (QED) is 0.580. The summed E-state index contributed by atoms with van der Waals surface area (Å²) in [4.78, 5) is 22.6. The number of carbonyl (C=O) groups is 1. The second-order valence-corrected chi connectivity index (χ2v) is 8.26. The van der Waals surface area contributed by atoms with Gasteiger partial charge in [-0.05, 0) is 30.3 Å². The molecule has 11 heteroatoms. The minimum absolute atomic E-state index is 0.0191. The van der Waals surface area contributed by atoms with Crippen molar-refractivity contribution in [1.82, 2.24) is 4.31 Å². The minimum atomic E-state index is -3.78. The van der Waals surface area contributed by atoms with Gasteiger partial charge in [-0.25, -0.2) is 8.42 Å². The third kappa shape index (κ3) is 4.30.